The number of carbonyl (C=O) groups is 1. The molecule has 0 radical (unpaired) electrons. The summed E-state index contributed by atoms with van der Waals surface area (Å²) in [6, 6.07) is 5.41. The van der Waals surface area contributed by atoms with Crippen LogP contribution in [0.5, 0.6) is 0 Å². The van der Waals surface area contributed by atoms with Gasteiger partial charge in [-0.3, -0.25) is 0 Å². The maximum Gasteiger partial charge on any atom is 0.335 e. The fraction of sp³-hybridized carbons (Fsp3) is 0.500. The van der Waals surface area contributed by atoms with E-state index in [-0.39, 0.29) is 10.5 Å². The Bertz CT molecular complexity index is 597. The molecule has 0 aromatic heterocycles. The quantitative estimate of drug-likeness (QED) is 0.871. The van der Waals surface area contributed by atoms with Crippen molar-refractivity contribution in [1.82, 2.24) is 4.72 Å². The molecule has 2 atom stereocenters. The van der Waals surface area contributed by atoms with Crippen molar-refractivity contribution in [2.24, 2.45) is 11.8 Å². The molecule has 0 bridgehead atoms. The topological polar surface area (TPSA) is 83.5 Å². The molecular formula is C14H19NO4S. The Kier molecular flexibility index (Phi) is 4.45. The lowest BCUT2D eigenvalue weighted by atomic mass is 9.99. The molecular weight excluding hydrogens is 278 g/mol. The molecule has 5 nitrogen and oxygen atoms in total. The van der Waals surface area contributed by atoms with Crippen LogP contribution in [-0.4, -0.2) is 26.0 Å². The Morgan fingerprint density at radius 2 is 2.15 bits per heavy atom. The fourth-order valence-corrected chi connectivity index (χ4v) is 3.76. The van der Waals surface area contributed by atoms with Gasteiger partial charge in [0.05, 0.1) is 10.5 Å². The van der Waals surface area contributed by atoms with Crippen LogP contribution >= 0.6 is 0 Å². The van der Waals surface area contributed by atoms with Crippen molar-refractivity contribution in [3.8, 4) is 0 Å². The van der Waals surface area contributed by atoms with Gasteiger partial charge in [-0.1, -0.05) is 25.8 Å². The molecule has 1 aromatic rings. The van der Waals surface area contributed by atoms with Gasteiger partial charge in [-0.15, -0.1) is 0 Å². The lowest BCUT2D eigenvalue weighted by Crippen LogP contribution is -2.30. The summed E-state index contributed by atoms with van der Waals surface area (Å²) in [5.41, 5.74) is -0.0258. The minimum atomic E-state index is -3.64. The van der Waals surface area contributed by atoms with E-state index < -0.39 is 16.0 Å². The predicted molar refractivity (Wildman–Crippen MR) is 75.1 cm³/mol. The highest BCUT2D eigenvalue weighted by Crippen LogP contribution is 2.30. The van der Waals surface area contributed by atoms with Crippen LogP contribution in [0.3, 0.4) is 0 Å². The number of rotatable bonds is 5. The lowest BCUT2D eigenvalue weighted by molar-refractivity contribution is 0.0696. The molecule has 0 heterocycles. The number of carboxylic acid groups (broad SMARTS) is 1. The molecule has 2 N–H and O–H groups in total. The van der Waals surface area contributed by atoms with Gasteiger partial charge >= 0.3 is 5.97 Å². The van der Waals surface area contributed by atoms with Crippen molar-refractivity contribution in [1.29, 1.82) is 0 Å². The first-order valence-electron chi connectivity index (χ1n) is 6.73. The molecule has 1 aromatic carbocycles. The summed E-state index contributed by atoms with van der Waals surface area (Å²) in [6.45, 7) is 2.55. The number of hydrogen-bond acceptors (Lipinski definition) is 3. The maximum absolute atomic E-state index is 12.2. The van der Waals surface area contributed by atoms with E-state index in [2.05, 4.69) is 11.6 Å². The van der Waals surface area contributed by atoms with Crippen molar-refractivity contribution in [2.75, 3.05) is 6.54 Å². The van der Waals surface area contributed by atoms with Crippen LogP contribution in [0.25, 0.3) is 0 Å². The molecule has 6 heteroatoms. The second-order valence-electron chi connectivity index (χ2n) is 5.35. The number of benzene rings is 1. The third-order valence-electron chi connectivity index (χ3n) is 3.97. The minimum absolute atomic E-state index is 0.00282. The van der Waals surface area contributed by atoms with Crippen molar-refractivity contribution in [2.45, 2.75) is 31.1 Å². The number of sulfonamides is 1. The van der Waals surface area contributed by atoms with E-state index in [4.69, 9.17) is 5.11 Å². The third kappa shape index (κ3) is 3.37. The van der Waals surface area contributed by atoms with Gasteiger partial charge in [0.1, 0.15) is 0 Å². The van der Waals surface area contributed by atoms with Crippen LogP contribution in [-0.2, 0) is 10.0 Å². The second kappa shape index (κ2) is 5.93. The Morgan fingerprint density at radius 1 is 1.40 bits per heavy atom. The van der Waals surface area contributed by atoms with Gasteiger partial charge in [-0.2, -0.15) is 0 Å². The van der Waals surface area contributed by atoms with E-state index in [0.717, 1.165) is 19.3 Å². The summed E-state index contributed by atoms with van der Waals surface area (Å²) in [5.74, 6) is -0.234. The van der Waals surface area contributed by atoms with Gasteiger partial charge in [-0.05, 0) is 36.5 Å². The maximum atomic E-state index is 12.2. The number of hydrogen-bond donors (Lipinski definition) is 2. The zero-order valence-electron chi connectivity index (χ0n) is 11.4. The first kappa shape index (κ1) is 15.0. The number of nitrogens with one attached hydrogen (secondary N) is 1. The Hall–Kier alpha value is -1.40. The first-order chi connectivity index (χ1) is 9.40. The molecule has 1 aliphatic carbocycles. The Balaban J connectivity index is 2.10. The summed E-state index contributed by atoms with van der Waals surface area (Å²) in [5, 5.41) is 8.90. The molecule has 110 valence electrons. The highest BCUT2D eigenvalue weighted by atomic mass is 32.2. The Morgan fingerprint density at radius 3 is 2.75 bits per heavy atom. The Labute approximate surface area is 119 Å². The minimum Gasteiger partial charge on any atom is -0.478 e. The number of carboxylic acids is 1. The van der Waals surface area contributed by atoms with Gasteiger partial charge < -0.3 is 5.11 Å². The van der Waals surface area contributed by atoms with E-state index in [1.807, 2.05) is 0 Å². The van der Waals surface area contributed by atoms with E-state index in [9.17, 15) is 13.2 Å². The smallest absolute Gasteiger partial charge is 0.335 e. The van der Waals surface area contributed by atoms with E-state index in [0.29, 0.717) is 18.4 Å². The second-order valence-corrected chi connectivity index (χ2v) is 7.12. The predicted octanol–water partition coefficient (Wildman–Crippen LogP) is 2.10. The van der Waals surface area contributed by atoms with Crippen LogP contribution in [0.1, 0.15) is 36.5 Å². The number of aromatic carboxylic acids is 1. The van der Waals surface area contributed by atoms with Gasteiger partial charge in [0.25, 0.3) is 0 Å². The van der Waals surface area contributed by atoms with Gasteiger partial charge in [0.2, 0.25) is 10.0 Å². The van der Waals surface area contributed by atoms with Crippen LogP contribution < -0.4 is 4.72 Å². The molecule has 1 saturated carbocycles. The highest BCUT2D eigenvalue weighted by molar-refractivity contribution is 7.89. The summed E-state index contributed by atoms with van der Waals surface area (Å²) >= 11 is 0. The molecule has 0 aliphatic heterocycles. The van der Waals surface area contributed by atoms with E-state index >= 15 is 0 Å². The average Bonchev–Trinajstić information content (AvgIpc) is 2.82. The summed E-state index contributed by atoms with van der Waals surface area (Å²) < 4.78 is 26.9. The fourth-order valence-electron chi connectivity index (χ4n) is 2.62. The molecule has 1 fully saturated rings. The third-order valence-corrected chi connectivity index (χ3v) is 5.39. The van der Waals surface area contributed by atoms with Crippen LogP contribution in [0.15, 0.2) is 29.2 Å². The zero-order chi connectivity index (χ0) is 14.8. The SMILES string of the molecule is CC1CCCC1CNS(=O)(=O)c1cccc(C(=O)O)c1. The van der Waals surface area contributed by atoms with E-state index in [1.54, 1.807) is 0 Å². The monoisotopic (exact) mass is 297 g/mol. The van der Waals surface area contributed by atoms with E-state index in [1.165, 1.54) is 24.3 Å². The molecule has 1 aliphatic rings. The summed E-state index contributed by atoms with van der Waals surface area (Å²) in [6.07, 6.45) is 3.32. The largest absolute Gasteiger partial charge is 0.478 e. The summed E-state index contributed by atoms with van der Waals surface area (Å²) in [4.78, 5) is 10.9. The van der Waals surface area contributed by atoms with Crippen molar-refractivity contribution >= 4 is 16.0 Å². The standard InChI is InChI=1S/C14H19NO4S/c1-10-4-2-6-12(10)9-15-20(18,19)13-7-3-5-11(8-13)14(16)17/h3,5,7-8,10,12,15H,2,4,6,9H2,1H3,(H,16,17). The molecule has 2 rings (SSSR count). The van der Waals surface area contributed by atoms with Crippen LogP contribution in [0.4, 0.5) is 0 Å². The zero-order valence-corrected chi connectivity index (χ0v) is 12.2. The van der Waals surface area contributed by atoms with Crippen molar-refractivity contribution < 1.29 is 18.3 Å². The first-order valence-corrected chi connectivity index (χ1v) is 8.21. The van der Waals surface area contributed by atoms with Gasteiger partial charge in [0, 0.05) is 6.54 Å². The molecule has 0 spiro atoms. The normalized spacial score (nSPS) is 22.9. The van der Waals surface area contributed by atoms with Crippen LogP contribution in [0.2, 0.25) is 0 Å². The molecule has 2 unspecified atom stereocenters. The molecule has 0 saturated heterocycles. The molecule has 20 heavy (non-hydrogen) atoms. The highest BCUT2D eigenvalue weighted by Gasteiger charge is 2.25. The average molecular weight is 297 g/mol. The summed E-state index contributed by atoms with van der Waals surface area (Å²) in [7, 11) is -3.64. The molecule has 0 amide bonds. The van der Waals surface area contributed by atoms with Crippen molar-refractivity contribution in [3.63, 3.8) is 0 Å². The van der Waals surface area contributed by atoms with Gasteiger partial charge in [0.15, 0.2) is 0 Å². The van der Waals surface area contributed by atoms with Crippen molar-refractivity contribution in [3.05, 3.63) is 29.8 Å². The van der Waals surface area contributed by atoms with Crippen LogP contribution in [0, 0.1) is 11.8 Å². The lowest BCUT2D eigenvalue weighted by Gasteiger charge is -2.16. The van der Waals surface area contributed by atoms with Gasteiger partial charge in [-0.25, -0.2) is 17.9 Å².